The van der Waals surface area contributed by atoms with Gasteiger partial charge in [0.1, 0.15) is 11.5 Å². The van der Waals surface area contributed by atoms with Crippen molar-refractivity contribution >= 4 is 0 Å². The SMILES string of the molecule is Cc1ccc(Oc2ccc(CCc3cccc(C)c3)cc2)cc1. The molecular formula is C22H22O. The second-order valence-electron chi connectivity index (χ2n) is 6.05. The number of aryl methyl sites for hydroxylation is 4. The first-order valence-corrected chi connectivity index (χ1v) is 8.08. The highest BCUT2D eigenvalue weighted by molar-refractivity contribution is 5.34. The van der Waals surface area contributed by atoms with Gasteiger partial charge in [-0.15, -0.1) is 0 Å². The minimum absolute atomic E-state index is 0.878. The Morgan fingerprint density at radius 2 is 1.22 bits per heavy atom. The highest BCUT2D eigenvalue weighted by Crippen LogP contribution is 2.22. The molecule has 0 unspecified atom stereocenters. The lowest BCUT2D eigenvalue weighted by molar-refractivity contribution is 0.482. The summed E-state index contributed by atoms with van der Waals surface area (Å²) in [4.78, 5) is 0. The number of hydrogen-bond donors (Lipinski definition) is 0. The van der Waals surface area contributed by atoms with E-state index < -0.39 is 0 Å². The average Bonchev–Trinajstić information content (AvgIpc) is 2.56. The lowest BCUT2D eigenvalue weighted by atomic mass is 10.0. The molecule has 0 aromatic heterocycles. The van der Waals surface area contributed by atoms with E-state index in [4.69, 9.17) is 4.74 Å². The van der Waals surface area contributed by atoms with E-state index in [0.29, 0.717) is 0 Å². The van der Waals surface area contributed by atoms with Crippen molar-refractivity contribution in [1.29, 1.82) is 0 Å². The summed E-state index contributed by atoms with van der Waals surface area (Å²) >= 11 is 0. The van der Waals surface area contributed by atoms with Crippen LogP contribution in [-0.2, 0) is 12.8 Å². The van der Waals surface area contributed by atoms with Gasteiger partial charge in [-0.25, -0.2) is 0 Å². The molecule has 1 heteroatoms. The summed E-state index contributed by atoms with van der Waals surface area (Å²) in [6.07, 6.45) is 2.12. The number of hydrogen-bond acceptors (Lipinski definition) is 1. The lowest BCUT2D eigenvalue weighted by Gasteiger charge is -2.07. The van der Waals surface area contributed by atoms with Crippen molar-refractivity contribution in [2.45, 2.75) is 26.7 Å². The molecule has 23 heavy (non-hydrogen) atoms. The van der Waals surface area contributed by atoms with Gasteiger partial charge in [0.2, 0.25) is 0 Å². The van der Waals surface area contributed by atoms with Crippen LogP contribution >= 0.6 is 0 Å². The predicted molar refractivity (Wildman–Crippen MR) is 96.3 cm³/mol. The second kappa shape index (κ2) is 7.15. The molecule has 0 saturated carbocycles. The largest absolute Gasteiger partial charge is 0.457 e. The molecule has 0 amide bonds. The quantitative estimate of drug-likeness (QED) is 0.571. The Morgan fingerprint density at radius 1 is 0.609 bits per heavy atom. The van der Waals surface area contributed by atoms with Crippen LogP contribution in [0.1, 0.15) is 22.3 Å². The van der Waals surface area contributed by atoms with Crippen molar-refractivity contribution in [2.24, 2.45) is 0 Å². The minimum Gasteiger partial charge on any atom is -0.457 e. The van der Waals surface area contributed by atoms with Gasteiger partial charge >= 0.3 is 0 Å². The van der Waals surface area contributed by atoms with E-state index in [1.54, 1.807) is 0 Å². The first-order chi connectivity index (χ1) is 11.2. The fourth-order valence-corrected chi connectivity index (χ4v) is 2.62. The van der Waals surface area contributed by atoms with Crippen LogP contribution in [0.25, 0.3) is 0 Å². The highest BCUT2D eigenvalue weighted by Gasteiger charge is 2.00. The standard InChI is InChI=1S/C22H22O/c1-17-6-12-21(13-7-17)23-22-14-10-19(11-15-22)8-9-20-5-3-4-18(2)16-20/h3-7,10-16H,8-9H2,1-2H3. The van der Waals surface area contributed by atoms with E-state index in [1.165, 1.54) is 22.3 Å². The zero-order valence-electron chi connectivity index (χ0n) is 13.8. The van der Waals surface area contributed by atoms with Crippen molar-refractivity contribution < 1.29 is 4.74 Å². The van der Waals surface area contributed by atoms with Gasteiger partial charge in [0.05, 0.1) is 0 Å². The Balaban J connectivity index is 1.59. The van der Waals surface area contributed by atoms with Crippen LogP contribution < -0.4 is 4.74 Å². The summed E-state index contributed by atoms with van der Waals surface area (Å²) in [5, 5.41) is 0. The van der Waals surface area contributed by atoms with Crippen LogP contribution in [0.5, 0.6) is 11.5 Å². The Kier molecular flexibility index (Phi) is 4.77. The second-order valence-corrected chi connectivity index (χ2v) is 6.05. The summed E-state index contributed by atoms with van der Waals surface area (Å²) < 4.78 is 5.87. The number of rotatable bonds is 5. The highest BCUT2D eigenvalue weighted by atomic mass is 16.5. The first-order valence-electron chi connectivity index (χ1n) is 8.08. The van der Waals surface area contributed by atoms with E-state index in [-0.39, 0.29) is 0 Å². The van der Waals surface area contributed by atoms with E-state index in [2.05, 4.69) is 62.4 Å². The third-order valence-corrected chi connectivity index (χ3v) is 3.96. The van der Waals surface area contributed by atoms with Crippen molar-refractivity contribution in [2.75, 3.05) is 0 Å². The van der Waals surface area contributed by atoms with Gasteiger partial charge in [-0.1, -0.05) is 59.7 Å². The normalized spacial score (nSPS) is 10.5. The van der Waals surface area contributed by atoms with Crippen LogP contribution in [0.4, 0.5) is 0 Å². The fourth-order valence-electron chi connectivity index (χ4n) is 2.62. The topological polar surface area (TPSA) is 9.23 Å². The van der Waals surface area contributed by atoms with Crippen LogP contribution in [0, 0.1) is 13.8 Å². The van der Waals surface area contributed by atoms with Gasteiger partial charge in [-0.3, -0.25) is 0 Å². The molecule has 0 fully saturated rings. The molecule has 0 aliphatic rings. The van der Waals surface area contributed by atoms with Gasteiger partial charge in [0.15, 0.2) is 0 Å². The molecule has 0 spiro atoms. The number of ether oxygens (including phenoxy) is 1. The molecule has 0 N–H and O–H groups in total. The third kappa shape index (κ3) is 4.46. The maximum absolute atomic E-state index is 5.87. The monoisotopic (exact) mass is 302 g/mol. The fraction of sp³-hybridized carbons (Fsp3) is 0.182. The molecule has 116 valence electrons. The van der Waals surface area contributed by atoms with E-state index in [9.17, 15) is 0 Å². The summed E-state index contributed by atoms with van der Waals surface area (Å²) in [7, 11) is 0. The molecule has 0 aliphatic heterocycles. The molecule has 0 atom stereocenters. The zero-order chi connectivity index (χ0) is 16.1. The van der Waals surface area contributed by atoms with Gasteiger partial charge in [0.25, 0.3) is 0 Å². The molecular weight excluding hydrogens is 280 g/mol. The average molecular weight is 302 g/mol. The number of benzene rings is 3. The molecule has 3 aromatic rings. The van der Waals surface area contributed by atoms with Crippen LogP contribution in [0.15, 0.2) is 72.8 Å². The van der Waals surface area contributed by atoms with Gasteiger partial charge in [-0.2, -0.15) is 0 Å². The summed E-state index contributed by atoms with van der Waals surface area (Å²) in [6, 6.07) is 25.2. The van der Waals surface area contributed by atoms with Crippen LogP contribution in [0.2, 0.25) is 0 Å². The van der Waals surface area contributed by atoms with Crippen molar-refractivity contribution in [3.63, 3.8) is 0 Å². The molecule has 3 aromatic carbocycles. The summed E-state index contributed by atoms with van der Waals surface area (Å²) in [6.45, 7) is 4.22. The summed E-state index contributed by atoms with van der Waals surface area (Å²) in [5.41, 5.74) is 5.29. The molecule has 0 aliphatic carbocycles. The van der Waals surface area contributed by atoms with Crippen molar-refractivity contribution in [3.05, 3.63) is 95.1 Å². The minimum atomic E-state index is 0.878. The zero-order valence-corrected chi connectivity index (χ0v) is 13.8. The van der Waals surface area contributed by atoms with Gasteiger partial charge in [0, 0.05) is 0 Å². The Labute approximate surface area is 138 Å². The van der Waals surface area contributed by atoms with Crippen LogP contribution in [0.3, 0.4) is 0 Å². The van der Waals surface area contributed by atoms with Crippen LogP contribution in [-0.4, -0.2) is 0 Å². The predicted octanol–water partition coefficient (Wildman–Crippen LogP) is 5.88. The summed E-state index contributed by atoms with van der Waals surface area (Å²) in [5.74, 6) is 1.76. The molecule has 0 heterocycles. The Bertz CT molecular complexity index is 755. The molecule has 1 nitrogen and oxygen atoms in total. The molecule has 0 saturated heterocycles. The molecule has 0 radical (unpaired) electrons. The Morgan fingerprint density at radius 3 is 1.87 bits per heavy atom. The third-order valence-electron chi connectivity index (χ3n) is 3.96. The van der Waals surface area contributed by atoms with Gasteiger partial charge in [-0.05, 0) is 62.1 Å². The Hall–Kier alpha value is -2.54. The first kappa shape index (κ1) is 15.4. The van der Waals surface area contributed by atoms with Gasteiger partial charge < -0.3 is 4.74 Å². The lowest BCUT2D eigenvalue weighted by Crippen LogP contribution is -1.92. The molecule has 3 rings (SSSR count). The van der Waals surface area contributed by atoms with Crippen molar-refractivity contribution in [3.8, 4) is 11.5 Å². The van der Waals surface area contributed by atoms with E-state index in [0.717, 1.165) is 24.3 Å². The molecule has 0 bridgehead atoms. The maximum atomic E-state index is 5.87. The van der Waals surface area contributed by atoms with E-state index >= 15 is 0 Å². The maximum Gasteiger partial charge on any atom is 0.127 e. The smallest absolute Gasteiger partial charge is 0.127 e. The van der Waals surface area contributed by atoms with E-state index in [1.807, 2.05) is 24.3 Å². The van der Waals surface area contributed by atoms with Crippen molar-refractivity contribution in [1.82, 2.24) is 0 Å².